The number of hydrogen-bond donors (Lipinski definition) is 1. The van der Waals surface area contributed by atoms with Crippen LogP contribution >= 0.6 is 0 Å². The summed E-state index contributed by atoms with van der Waals surface area (Å²) in [5, 5.41) is 8.74. The van der Waals surface area contributed by atoms with Crippen LogP contribution in [0, 0.1) is 0 Å². The minimum atomic E-state index is -0.764. The second-order valence-corrected chi connectivity index (χ2v) is 7.63. The fourth-order valence-corrected chi connectivity index (χ4v) is 2.78. The van der Waals surface area contributed by atoms with Crippen LogP contribution < -0.4 is 0 Å². The molecule has 1 N–H and O–H groups in total. The maximum atomic E-state index is 10.9. The lowest BCUT2D eigenvalue weighted by molar-refractivity contribution is -0.136. The van der Waals surface area contributed by atoms with Crippen molar-refractivity contribution in [2.75, 3.05) is 0 Å². The molecule has 3 nitrogen and oxygen atoms in total. The van der Waals surface area contributed by atoms with Crippen molar-refractivity contribution in [1.82, 2.24) is 0 Å². The number of carbonyl (C=O) groups is 2. The zero-order valence-corrected chi connectivity index (χ0v) is 17.9. The van der Waals surface area contributed by atoms with E-state index >= 15 is 0 Å². The third-order valence-electron chi connectivity index (χ3n) is 4.51. The van der Waals surface area contributed by atoms with E-state index in [9.17, 15) is 9.59 Å². The Bertz CT molecular complexity index is 589. The van der Waals surface area contributed by atoms with Gasteiger partial charge in [-0.1, -0.05) is 46.6 Å². The van der Waals surface area contributed by atoms with E-state index in [1.807, 2.05) is 13.0 Å². The van der Waals surface area contributed by atoms with E-state index in [0.717, 1.165) is 50.5 Å². The van der Waals surface area contributed by atoms with Gasteiger partial charge in [-0.3, -0.25) is 4.79 Å². The minimum Gasteiger partial charge on any atom is -0.481 e. The molecule has 0 aromatic carbocycles. The first kappa shape index (κ1) is 25.1. The molecule has 0 spiro atoms. The summed E-state index contributed by atoms with van der Waals surface area (Å²) in [6.07, 6.45) is 16.6. The third-order valence-corrected chi connectivity index (χ3v) is 4.51. The van der Waals surface area contributed by atoms with Crippen LogP contribution in [0.25, 0.3) is 0 Å². The highest BCUT2D eigenvalue weighted by atomic mass is 16.4. The van der Waals surface area contributed by atoms with Gasteiger partial charge in [0.15, 0.2) is 0 Å². The molecule has 0 radical (unpaired) electrons. The summed E-state index contributed by atoms with van der Waals surface area (Å²) < 4.78 is 0. The summed E-state index contributed by atoms with van der Waals surface area (Å²) in [5.74, 6) is -0.510. The quantitative estimate of drug-likeness (QED) is 0.334. The van der Waals surface area contributed by atoms with Crippen LogP contribution in [0.1, 0.15) is 92.4 Å². The van der Waals surface area contributed by atoms with Crippen LogP contribution in [0.3, 0.4) is 0 Å². The van der Waals surface area contributed by atoms with Gasteiger partial charge in [-0.25, -0.2) is 0 Å². The van der Waals surface area contributed by atoms with Crippen LogP contribution in [0.15, 0.2) is 46.6 Å². The van der Waals surface area contributed by atoms with E-state index < -0.39 is 5.97 Å². The van der Waals surface area contributed by atoms with Crippen molar-refractivity contribution in [2.45, 2.75) is 92.4 Å². The van der Waals surface area contributed by atoms with Gasteiger partial charge < -0.3 is 9.90 Å². The van der Waals surface area contributed by atoms with Gasteiger partial charge in [0, 0.05) is 6.42 Å². The molecule has 0 amide bonds. The maximum Gasteiger partial charge on any atom is 0.307 e. The first-order valence-electron chi connectivity index (χ1n) is 10.0. The normalized spacial score (nSPS) is 13.8. The summed E-state index contributed by atoms with van der Waals surface area (Å²) in [6, 6.07) is 0. The molecule has 0 saturated heterocycles. The zero-order valence-electron chi connectivity index (χ0n) is 17.9. The molecule has 152 valence electrons. The summed E-state index contributed by atoms with van der Waals surface area (Å²) >= 11 is 0. The highest BCUT2D eigenvalue weighted by molar-refractivity contribution is 5.75. The molecule has 0 aromatic rings. The summed E-state index contributed by atoms with van der Waals surface area (Å²) in [6.45, 7) is 10.00. The van der Waals surface area contributed by atoms with Gasteiger partial charge in [0.1, 0.15) is 5.78 Å². The molecular weight excluding hydrogens is 336 g/mol. The van der Waals surface area contributed by atoms with Crippen LogP contribution in [-0.2, 0) is 9.59 Å². The van der Waals surface area contributed by atoms with Gasteiger partial charge in [-0.2, -0.15) is 0 Å². The largest absolute Gasteiger partial charge is 0.481 e. The molecule has 0 heterocycles. The van der Waals surface area contributed by atoms with Gasteiger partial charge in [-0.05, 0) is 79.6 Å². The molecule has 27 heavy (non-hydrogen) atoms. The lowest BCUT2D eigenvalue weighted by Crippen LogP contribution is -1.94. The minimum absolute atomic E-state index is 0.137. The first-order chi connectivity index (χ1) is 12.7. The predicted octanol–water partition coefficient (Wildman–Crippen LogP) is 6.96. The second-order valence-electron chi connectivity index (χ2n) is 7.63. The molecule has 3 heteroatoms. The lowest BCUT2D eigenvalue weighted by Gasteiger charge is -2.03. The third kappa shape index (κ3) is 17.3. The number of Topliss-reactive ketones (excluding diaryl/α,β-unsaturated/α-hetero) is 1. The number of allylic oxidation sites excluding steroid dienone is 7. The fraction of sp³-hybridized carbons (Fsp3) is 0.583. The lowest BCUT2D eigenvalue weighted by atomic mass is 10.0. The van der Waals surface area contributed by atoms with Crippen LogP contribution in [0.5, 0.6) is 0 Å². The molecule has 0 aliphatic heterocycles. The van der Waals surface area contributed by atoms with Gasteiger partial charge in [0.25, 0.3) is 0 Å². The number of carbonyl (C=O) groups excluding carboxylic acids is 1. The zero-order chi connectivity index (χ0) is 20.7. The topological polar surface area (TPSA) is 54.4 Å². The predicted molar refractivity (Wildman–Crippen MR) is 115 cm³/mol. The Morgan fingerprint density at radius 1 is 0.593 bits per heavy atom. The van der Waals surface area contributed by atoms with E-state index in [2.05, 4.69) is 39.0 Å². The molecule has 0 aliphatic rings. The number of carboxylic acids is 1. The average Bonchev–Trinajstić information content (AvgIpc) is 2.53. The Hall–Kier alpha value is -1.90. The molecule has 0 saturated carbocycles. The Kier molecular flexibility index (Phi) is 14.1. The standard InChI is InChI=1S/C24H38O3/c1-19(11-7-13-21(3)15-9-17-23(5)25)10-6-12-20(2)14-8-16-22(4)18-24(26)27/h11-12,15-16H,6-10,13-14,17-18H2,1-5H3,(H,26,27)/b19-11+,20-12+,21-15+,22-16+. The molecule has 0 fully saturated rings. The van der Waals surface area contributed by atoms with Crippen molar-refractivity contribution >= 4 is 11.8 Å². The van der Waals surface area contributed by atoms with Crippen molar-refractivity contribution in [2.24, 2.45) is 0 Å². The van der Waals surface area contributed by atoms with Crippen molar-refractivity contribution in [3.8, 4) is 0 Å². The first-order valence-corrected chi connectivity index (χ1v) is 10.0. The number of carboxylic acid groups (broad SMARTS) is 1. The van der Waals surface area contributed by atoms with Crippen molar-refractivity contribution in [1.29, 1.82) is 0 Å². The fourth-order valence-electron chi connectivity index (χ4n) is 2.78. The van der Waals surface area contributed by atoms with Crippen molar-refractivity contribution < 1.29 is 14.7 Å². The van der Waals surface area contributed by atoms with E-state index in [4.69, 9.17) is 5.11 Å². The Balaban J connectivity index is 4.06. The van der Waals surface area contributed by atoms with Crippen LogP contribution in [0.4, 0.5) is 0 Å². The number of aliphatic carboxylic acids is 1. The molecule has 0 aromatic heterocycles. The van der Waals surface area contributed by atoms with Gasteiger partial charge in [-0.15, -0.1) is 0 Å². The summed E-state index contributed by atoms with van der Waals surface area (Å²) in [5.41, 5.74) is 5.08. The highest BCUT2D eigenvalue weighted by Crippen LogP contribution is 2.14. The Morgan fingerprint density at radius 3 is 1.26 bits per heavy atom. The van der Waals surface area contributed by atoms with Crippen LogP contribution in [0.2, 0.25) is 0 Å². The van der Waals surface area contributed by atoms with Crippen LogP contribution in [-0.4, -0.2) is 16.9 Å². The highest BCUT2D eigenvalue weighted by Gasteiger charge is 1.98. The summed E-state index contributed by atoms with van der Waals surface area (Å²) in [7, 11) is 0. The summed E-state index contributed by atoms with van der Waals surface area (Å²) in [4.78, 5) is 21.6. The average molecular weight is 375 g/mol. The van der Waals surface area contributed by atoms with Crippen molar-refractivity contribution in [3.63, 3.8) is 0 Å². The van der Waals surface area contributed by atoms with E-state index in [0.29, 0.717) is 6.42 Å². The number of hydrogen-bond acceptors (Lipinski definition) is 2. The molecule has 0 rings (SSSR count). The second kappa shape index (κ2) is 15.2. The van der Waals surface area contributed by atoms with Gasteiger partial charge in [0.05, 0.1) is 6.42 Å². The van der Waals surface area contributed by atoms with Gasteiger partial charge in [0.2, 0.25) is 0 Å². The SMILES string of the molecule is CC(=O)CC/C=C(\C)CC/C=C(\C)CC/C=C(\C)CC/C=C(\C)CC(=O)O. The van der Waals surface area contributed by atoms with E-state index in [1.54, 1.807) is 6.92 Å². The van der Waals surface area contributed by atoms with E-state index in [1.165, 1.54) is 16.7 Å². The van der Waals surface area contributed by atoms with Crippen molar-refractivity contribution in [3.05, 3.63) is 46.6 Å². The Morgan fingerprint density at radius 2 is 0.926 bits per heavy atom. The van der Waals surface area contributed by atoms with E-state index in [-0.39, 0.29) is 12.2 Å². The smallest absolute Gasteiger partial charge is 0.307 e. The number of ketones is 1. The molecule has 0 aliphatic carbocycles. The molecular formula is C24H38O3. The Labute approximate surface area is 165 Å². The maximum absolute atomic E-state index is 10.9. The monoisotopic (exact) mass is 374 g/mol. The molecule has 0 unspecified atom stereocenters. The molecule has 0 atom stereocenters. The number of rotatable bonds is 14. The van der Waals surface area contributed by atoms with Gasteiger partial charge >= 0.3 is 5.97 Å². The molecule has 0 bridgehead atoms.